The summed E-state index contributed by atoms with van der Waals surface area (Å²) in [6, 6.07) is 20.8. The van der Waals surface area contributed by atoms with Crippen molar-refractivity contribution in [3.8, 4) is 11.1 Å². The Morgan fingerprint density at radius 1 is 0.971 bits per heavy atom. The second kappa shape index (κ2) is 8.13. The van der Waals surface area contributed by atoms with Gasteiger partial charge in [0.2, 0.25) is 0 Å². The predicted octanol–water partition coefficient (Wildman–Crippen LogP) is 5.13. The molecule has 0 spiro atoms. The Morgan fingerprint density at radius 2 is 1.76 bits per heavy atom. The number of likely N-dealkylation sites (tertiary alicyclic amines) is 1. The molecule has 2 heterocycles. The molecule has 3 atom stereocenters. The molecule has 2 aliphatic rings. The smallest absolute Gasteiger partial charge is 0.254 e. The van der Waals surface area contributed by atoms with Gasteiger partial charge < -0.3 is 14.6 Å². The lowest BCUT2D eigenvalue weighted by atomic mass is 9.98. The number of nitrogens with one attached hydrogen (secondary N) is 1. The third-order valence-electron chi connectivity index (χ3n) is 7.09. The van der Waals surface area contributed by atoms with E-state index in [1.165, 1.54) is 12.1 Å². The Morgan fingerprint density at radius 3 is 2.62 bits per heavy atom. The Kier molecular flexibility index (Phi) is 4.94. The molecule has 4 aromatic rings. The van der Waals surface area contributed by atoms with Crippen LogP contribution in [-0.4, -0.2) is 35.8 Å². The van der Waals surface area contributed by atoms with Crippen LogP contribution >= 0.6 is 0 Å². The zero-order valence-corrected chi connectivity index (χ0v) is 18.4. The van der Waals surface area contributed by atoms with E-state index in [0.717, 1.165) is 22.9 Å². The quantitative estimate of drug-likeness (QED) is 0.455. The van der Waals surface area contributed by atoms with Crippen LogP contribution in [0.25, 0.3) is 22.1 Å². The lowest BCUT2D eigenvalue weighted by Crippen LogP contribution is -2.45. The topological polar surface area (TPSA) is 62.6 Å². The minimum absolute atomic E-state index is 0.0497. The zero-order valence-electron chi connectivity index (χ0n) is 18.4. The van der Waals surface area contributed by atoms with Crippen molar-refractivity contribution in [1.82, 2.24) is 10.2 Å². The maximum absolute atomic E-state index is 13.7. The molecule has 170 valence electrons. The van der Waals surface area contributed by atoms with E-state index >= 15 is 0 Å². The summed E-state index contributed by atoms with van der Waals surface area (Å²) in [5, 5.41) is 3.83. The zero-order chi connectivity index (χ0) is 23.2. The molecule has 1 saturated heterocycles. The van der Waals surface area contributed by atoms with Crippen LogP contribution < -0.4 is 5.32 Å². The van der Waals surface area contributed by atoms with Crippen LogP contribution in [0.3, 0.4) is 0 Å². The predicted molar refractivity (Wildman–Crippen MR) is 127 cm³/mol. The number of carbonyl (C=O) groups excluding carboxylic acids is 2. The molecule has 0 bridgehead atoms. The highest BCUT2D eigenvalue weighted by molar-refractivity contribution is 6.06. The van der Waals surface area contributed by atoms with Crippen LogP contribution in [0, 0.1) is 17.7 Å². The number of rotatable bonds is 5. The molecule has 5 nitrogen and oxygen atoms in total. The number of hydrogen-bond donors (Lipinski definition) is 1. The number of fused-ring (bicyclic) bond motifs is 2. The van der Waals surface area contributed by atoms with Crippen LogP contribution in [0.2, 0.25) is 0 Å². The number of amides is 2. The Balaban J connectivity index is 1.23. The van der Waals surface area contributed by atoms with Gasteiger partial charge >= 0.3 is 0 Å². The molecule has 1 aliphatic carbocycles. The third kappa shape index (κ3) is 3.55. The van der Waals surface area contributed by atoms with E-state index in [2.05, 4.69) is 5.32 Å². The number of furan rings is 1. The average Bonchev–Trinajstić information content (AvgIpc) is 3.29. The van der Waals surface area contributed by atoms with Crippen molar-refractivity contribution >= 4 is 22.8 Å². The molecule has 1 aliphatic heterocycles. The van der Waals surface area contributed by atoms with Gasteiger partial charge in [-0.25, -0.2) is 4.39 Å². The van der Waals surface area contributed by atoms with Crippen LogP contribution in [-0.2, 0) is 0 Å². The third-order valence-corrected chi connectivity index (χ3v) is 7.09. The fraction of sp³-hybridized carbons (Fsp3) is 0.214. The normalized spacial score (nSPS) is 20.9. The molecule has 1 N–H and O–H groups in total. The van der Waals surface area contributed by atoms with Crippen LogP contribution in [0.4, 0.5) is 4.39 Å². The van der Waals surface area contributed by atoms with E-state index in [-0.39, 0.29) is 23.7 Å². The molecule has 34 heavy (non-hydrogen) atoms. The summed E-state index contributed by atoms with van der Waals surface area (Å²) in [6.45, 7) is 1.10. The number of carbonyl (C=O) groups is 2. The van der Waals surface area contributed by atoms with E-state index in [1.54, 1.807) is 36.6 Å². The Bertz CT molecular complexity index is 1390. The molecule has 1 aromatic heterocycles. The van der Waals surface area contributed by atoms with E-state index < -0.39 is 0 Å². The van der Waals surface area contributed by atoms with Crippen molar-refractivity contribution in [3.63, 3.8) is 0 Å². The molecular formula is C28H23FN2O3. The molecule has 1 saturated carbocycles. The Hall–Kier alpha value is -3.93. The molecule has 6 heteroatoms. The number of benzene rings is 3. The fourth-order valence-corrected chi connectivity index (χ4v) is 5.26. The summed E-state index contributed by atoms with van der Waals surface area (Å²) < 4.78 is 18.8. The van der Waals surface area contributed by atoms with Gasteiger partial charge in [0.1, 0.15) is 11.4 Å². The molecule has 0 unspecified atom stereocenters. The average molecular weight is 455 g/mol. The highest BCUT2D eigenvalue weighted by Gasteiger charge is 2.54. The first-order valence-corrected chi connectivity index (χ1v) is 11.5. The van der Waals surface area contributed by atoms with Gasteiger partial charge in [-0.2, -0.15) is 0 Å². The van der Waals surface area contributed by atoms with Crippen molar-refractivity contribution in [2.24, 2.45) is 11.8 Å². The SMILES string of the molecule is O=C(NC[C@@H]1[C@@H]2C[C@@H]2CN1C(=O)c1ccccc1-c1ccc(F)cc1)c1cccc2occc12. The number of halogens is 1. The summed E-state index contributed by atoms with van der Waals surface area (Å²) in [5.74, 6) is 0.362. The van der Waals surface area contributed by atoms with Gasteiger partial charge in [0.25, 0.3) is 11.8 Å². The van der Waals surface area contributed by atoms with Gasteiger partial charge in [0, 0.05) is 24.0 Å². The summed E-state index contributed by atoms with van der Waals surface area (Å²) >= 11 is 0. The van der Waals surface area contributed by atoms with Crippen molar-refractivity contribution in [2.75, 3.05) is 13.1 Å². The van der Waals surface area contributed by atoms with E-state index in [1.807, 2.05) is 35.2 Å². The standard InChI is InChI=1S/C28H23FN2O3/c29-19-10-8-17(9-11-19)20-4-1-2-5-23(20)28(33)31-16-18-14-24(18)25(31)15-30-27(32)22-6-3-7-26-21(22)12-13-34-26/h1-13,18,24-25H,14-16H2,(H,30,32)/t18-,24-,25-/m1/s1. The second-order valence-electron chi connectivity index (χ2n) is 9.08. The summed E-state index contributed by atoms with van der Waals surface area (Å²) in [4.78, 5) is 28.5. The van der Waals surface area contributed by atoms with Crippen LogP contribution in [0.1, 0.15) is 27.1 Å². The van der Waals surface area contributed by atoms with Gasteiger partial charge in [0.15, 0.2) is 0 Å². The van der Waals surface area contributed by atoms with Gasteiger partial charge in [-0.1, -0.05) is 36.4 Å². The first-order chi connectivity index (χ1) is 16.6. The molecule has 2 fully saturated rings. The van der Waals surface area contributed by atoms with Gasteiger partial charge in [-0.3, -0.25) is 9.59 Å². The highest BCUT2D eigenvalue weighted by Crippen LogP contribution is 2.50. The van der Waals surface area contributed by atoms with E-state index in [4.69, 9.17) is 4.42 Å². The van der Waals surface area contributed by atoms with E-state index in [9.17, 15) is 14.0 Å². The Labute approximate surface area is 196 Å². The van der Waals surface area contributed by atoms with Crippen LogP contribution in [0.5, 0.6) is 0 Å². The van der Waals surface area contributed by atoms with Crippen molar-refractivity contribution in [1.29, 1.82) is 0 Å². The monoisotopic (exact) mass is 454 g/mol. The second-order valence-corrected chi connectivity index (χ2v) is 9.08. The fourth-order valence-electron chi connectivity index (χ4n) is 5.26. The van der Waals surface area contributed by atoms with Crippen LogP contribution in [0.15, 0.2) is 83.5 Å². The summed E-state index contributed by atoms with van der Waals surface area (Å²) in [6.07, 6.45) is 2.66. The lowest BCUT2D eigenvalue weighted by Gasteiger charge is -2.28. The van der Waals surface area contributed by atoms with Crippen molar-refractivity contribution in [2.45, 2.75) is 12.5 Å². The van der Waals surface area contributed by atoms with E-state index in [0.29, 0.717) is 41.6 Å². The van der Waals surface area contributed by atoms with Gasteiger partial charge in [-0.15, -0.1) is 0 Å². The molecule has 6 rings (SSSR count). The van der Waals surface area contributed by atoms with Crippen molar-refractivity contribution < 1.29 is 18.4 Å². The summed E-state index contributed by atoms with van der Waals surface area (Å²) in [7, 11) is 0. The van der Waals surface area contributed by atoms with Gasteiger partial charge in [-0.05, 0) is 65.8 Å². The molecule has 0 radical (unpaired) electrons. The maximum atomic E-state index is 13.7. The minimum Gasteiger partial charge on any atom is -0.464 e. The largest absolute Gasteiger partial charge is 0.464 e. The highest BCUT2D eigenvalue weighted by atomic mass is 19.1. The minimum atomic E-state index is -0.311. The maximum Gasteiger partial charge on any atom is 0.254 e. The number of hydrogen-bond acceptors (Lipinski definition) is 3. The van der Waals surface area contributed by atoms with Crippen molar-refractivity contribution in [3.05, 3.63) is 96.0 Å². The van der Waals surface area contributed by atoms with Gasteiger partial charge in [0.05, 0.1) is 17.9 Å². The molecular weight excluding hydrogens is 431 g/mol. The first-order valence-electron chi connectivity index (χ1n) is 11.5. The number of piperidine rings is 1. The lowest BCUT2D eigenvalue weighted by molar-refractivity contribution is 0.0695. The molecule has 2 amide bonds. The molecule has 3 aromatic carbocycles. The first kappa shape index (κ1) is 20.7. The number of nitrogens with zero attached hydrogens (tertiary/aromatic N) is 1. The summed E-state index contributed by atoms with van der Waals surface area (Å²) in [5.41, 5.74) is 3.41.